The van der Waals surface area contributed by atoms with Crippen LogP contribution in [-0.2, 0) is 16.1 Å². The fourth-order valence-corrected chi connectivity index (χ4v) is 3.20. The van der Waals surface area contributed by atoms with E-state index in [0.717, 1.165) is 31.5 Å². The molecule has 0 unspecified atom stereocenters. The summed E-state index contributed by atoms with van der Waals surface area (Å²) in [5, 5.41) is 4.00. The third-order valence-electron chi connectivity index (χ3n) is 4.09. The summed E-state index contributed by atoms with van der Waals surface area (Å²) in [5.41, 5.74) is 0.646. The van der Waals surface area contributed by atoms with Crippen LogP contribution in [-0.4, -0.2) is 44.7 Å². The molecule has 0 aromatic heterocycles. The first kappa shape index (κ1) is 16.3. The summed E-state index contributed by atoms with van der Waals surface area (Å²) >= 11 is 6.00. The van der Waals surface area contributed by atoms with Crippen LogP contribution >= 0.6 is 11.6 Å². The Morgan fingerprint density at radius 1 is 1.43 bits per heavy atom. The molecule has 1 aliphatic rings. The van der Waals surface area contributed by atoms with Gasteiger partial charge in [0.1, 0.15) is 0 Å². The lowest BCUT2D eigenvalue weighted by Gasteiger charge is -2.38. The highest BCUT2D eigenvalue weighted by Crippen LogP contribution is 2.31. The van der Waals surface area contributed by atoms with E-state index in [9.17, 15) is 4.79 Å². The monoisotopic (exact) mass is 310 g/mol. The number of nitrogens with zero attached hydrogens (tertiary/aromatic N) is 1. The first-order chi connectivity index (χ1) is 10.1. The maximum Gasteiger partial charge on any atom is 0.231 e. The average Bonchev–Trinajstić information content (AvgIpc) is 2.47. The molecular weight excluding hydrogens is 288 g/mol. The van der Waals surface area contributed by atoms with Gasteiger partial charge < -0.3 is 15.0 Å². The molecule has 1 aromatic carbocycles. The lowest BCUT2D eigenvalue weighted by molar-refractivity contribution is -0.146. The molecule has 1 aliphatic heterocycles. The number of piperidine rings is 1. The van der Waals surface area contributed by atoms with Crippen LogP contribution in [0.25, 0.3) is 0 Å². The summed E-state index contributed by atoms with van der Waals surface area (Å²) < 4.78 is 5.33. The quantitative estimate of drug-likeness (QED) is 0.907. The Balaban J connectivity index is 2.09. The summed E-state index contributed by atoms with van der Waals surface area (Å²) in [4.78, 5) is 14.7. The Bertz CT molecular complexity index is 481. The standard InChI is InChI=1S/C16H23ClN2O2/c1-19(11-13-4-3-5-14(17)10-13)15(20)16(12-21-2)6-8-18-9-7-16/h3-5,10,18H,6-9,11-12H2,1-2H3. The molecule has 0 atom stereocenters. The minimum absolute atomic E-state index is 0.158. The lowest BCUT2D eigenvalue weighted by atomic mass is 9.78. The van der Waals surface area contributed by atoms with Crippen molar-refractivity contribution in [3.05, 3.63) is 34.9 Å². The zero-order valence-corrected chi connectivity index (χ0v) is 13.4. The molecule has 0 radical (unpaired) electrons. The molecule has 0 saturated carbocycles. The smallest absolute Gasteiger partial charge is 0.231 e. The number of carbonyl (C=O) groups excluding carboxylic acids is 1. The van der Waals surface area contributed by atoms with Crippen molar-refractivity contribution in [2.45, 2.75) is 19.4 Å². The van der Waals surface area contributed by atoms with Crippen LogP contribution in [0.2, 0.25) is 5.02 Å². The molecule has 116 valence electrons. The van der Waals surface area contributed by atoms with Crippen molar-refractivity contribution < 1.29 is 9.53 Å². The van der Waals surface area contributed by atoms with E-state index in [-0.39, 0.29) is 5.91 Å². The van der Waals surface area contributed by atoms with Crippen molar-refractivity contribution in [3.8, 4) is 0 Å². The number of methoxy groups -OCH3 is 1. The van der Waals surface area contributed by atoms with Gasteiger partial charge in [-0.1, -0.05) is 23.7 Å². The highest BCUT2D eigenvalue weighted by Gasteiger charge is 2.41. The van der Waals surface area contributed by atoms with E-state index in [1.165, 1.54) is 0 Å². The highest BCUT2D eigenvalue weighted by atomic mass is 35.5. The number of hydrogen-bond acceptors (Lipinski definition) is 3. The number of carbonyl (C=O) groups is 1. The molecule has 0 aliphatic carbocycles. The van der Waals surface area contributed by atoms with Gasteiger partial charge in [0.05, 0.1) is 12.0 Å². The molecule has 4 nitrogen and oxygen atoms in total. The second kappa shape index (κ2) is 7.25. The normalized spacial score (nSPS) is 17.5. The molecule has 21 heavy (non-hydrogen) atoms. The minimum Gasteiger partial charge on any atom is -0.384 e. The van der Waals surface area contributed by atoms with Gasteiger partial charge in [-0.15, -0.1) is 0 Å². The Morgan fingerprint density at radius 2 is 2.14 bits per heavy atom. The molecule has 1 aromatic rings. The molecule has 0 spiro atoms. The van der Waals surface area contributed by atoms with E-state index >= 15 is 0 Å². The number of halogens is 1. The molecule has 1 saturated heterocycles. The van der Waals surface area contributed by atoms with Gasteiger partial charge in [-0.05, 0) is 43.6 Å². The molecule has 5 heteroatoms. The molecular formula is C16H23ClN2O2. The summed E-state index contributed by atoms with van der Waals surface area (Å²) in [6, 6.07) is 7.63. The van der Waals surface area contributed by atoms with Crippen LogP contribution in [0.1, 0.15) is 18.4 Å². The predicted octanol–water partition coefficient (Wildman–Crippen LogP) is 2.31. The average molecular weight is 311 g/mol. The van der Waals surface area contributed by atoms with Gasteiger partial charge in [0.15, 0.2) is 0 Å². The second-order valence-electron chi connectivity index (χ2n) is 5.75. The SMILES string of the molecule is COCC1(C(=O)N(C)Cc2cccc(Cl)c2)CCNCC1. The van der Waals surface area contributed by atoms with Crippen molar-refractivity contribution in [2.75, 3.05) is 33.9 Å². The number of rotatable bonds is 5. The third kappa shape index (κ3) is 3.96. The third-order valence-corrected chi connectivity index (χ3v) is 4.33. The van der Waals surface area contributed by atoms with Crippen molar-refractivity contribution in [1.29, 1.82) is 0 Å². The van der Waals surface area contributed by atoms with Gasteiger partial charge in [-0.25, -0.2) is 0 Å². The molecule has 1 heterocycles. The summed E-state index contributed by atoms with van der Waals surface area (Å²) in [6.45, 7) is 2.77. The lowest BCUT2D eigenvalue weighted by Crippen LogP contribution is -2.50. The zero-order chi connectivity index (χ0) is 15.3. The number of ether oxygens (including phenoxy) is 1. The van der Waals surface area contributed by atoms with Crippen LogP contribution in [0.3, 0.4) is 0 Å². The minimum atomic E-state index is -0.396. The van der Waals surface area contributed by atoms with Crippen LogP contribution < -0.4 is 5.32 Å². The fourth-order valence-electron chi connectivity index (χ4n) is 2.99. The first-order valence-corrected chi connectivity index (χ1v) is 7.65. The van der Waals surface area contributed by atoms with Crippen LogP contribution in [0, 0.1) is 5.41 Å². The maximum atomic E-state index is 12.9. The van der Waals surface area contributed by atoms with Gasteiger partial charge in [-0.3, -0.25) is 4.79 Å². The Kier molecular flexibility index (Phi) is 5.62. The largest absolute Gasteiger partial charge is 0.384 e. The Hall–Kier alpha value is -1.10. The van der Waals surface area contributed by atoms with Crippen molar-refractivity contribution in [3.63, 3.8) is 0 Å². The van der Waals surface area contributed by atoms with Crippen molar-refractivity contribution >= 4 is 17.5 Å². The number of benzene rings is 1. The van der Waals surface area contributed by atoms with Gasteiger partial charge in [-0.2, -0.15) is 0 Å². The molecule has 0 bridgehead atoms. The van der Waals surface area contributed by atoms with Crippen LogP contribution in [0.4, 0.5) is 0 Å². The van der Waals surface area contributed by atoms with E-state index in [1.54, 1.807) is 12.0 Å². The Morgan fingerprint density at radius 3 is 2.76 bits per heavy atom. The van der Waals surface area contributed by atoms with Crippen LogP contribution in [0.15, 0.2) is 24.3 Å². The molecule has 1 fully saturated rings. The number of nitrogens with one attached hydrogen (secondary N) is 1. The van der Waals surface area contributed by atoms with E-state index in [0.29, 0.717) is 18.2 Å². The van der Waals surface area contributed by atoms with E-state index < -0.39 is 5.41 Å². The predicted molar refractivity (Wildman–Crippen MR) is 84.3 cm³/mol. The topological polar surface area (TPSA) is 41.6 Å². The molecule has 2 rings (SSSR count). The van der Waals surface area contributed by atoms with Crippen molar-refractivity contribution in [2.24, 2.45) is 5.41 Å². The first-order valence-electron chi connectivity index (χ1n) is 7.27. The zero-order valence-electron chi connectivity index (χ0n) is 12.7. The summed E-state index contributed by atoms with van der Waals surface area (Å²) in [7, 11) is 3.51. The maximum absolute atomic E-state index is 12.9. The molecule has 1 N–H and O–H groups in total. The van der Waals surface area contributed by atoms with E-state index in [4.69, 9.17) is 16.3 Å². The highest BCUT2D eigenvalue weighted by molar-refractivity contribution is 6.30. The number of hydrogen-bond donors (Lipinski definition) is 1. The van der Waals surface area contributed by atoms with Gasteiger partial charge >= 0.3 is 0 Å². The number of amides is 1. The summed E-state index contributed by atoms with van der Waals surface area (Å²) in [6.07, 6.45) is 1.64. The second-order valence-corrected chi connectivity index (χ2v) is 6.19. The van der Waals surface area contributed by atoms with E-state index in [2.05, 4.69) is 5.32 Å². The summed E-state index contributed by atoms with van der Waals surface area (Å²) in [5.74, 6) is 0.158. The van der Waals surface area contributed by atoms with Crippen LogP contribution in [0.5, 0.6) is 0 Å². The van der Waals surface area contributed by atoms with Gasteiger partial charge in [0, 0.05) is 25.7 Å². The van der Waals surface area contributed by atoms with Crippen molar-refractivity contribution in [1.82, 2.24) is 10.2 Å². The van der Waals surface area contributed by atoms with Gasteiger partial charge in [0.25, 0.3) is 0 Å². The molecule has 1 amide bonds. The fraction of sp³-hybridized carbons (Fsp3) is 0.562. The Labute approximate surface area is 131 Å². The van der Waals surface area contributed by atoms with E-state index in [1.807, 2.05) is 31.3 Å². The van der Waals surface area contributed by atoms with Gasteiger partial charge in [0.2, 0.25) is 5.91 Å².